The first-order valence-corrected chi connectivity index (χ1v) is 19.9. The van der Waals surface area contributed by atoms with Crippen LogP contribution in [0.1, 0.15) is 48.2 Å². The number of hydrogen-bond donors (Lipinski definition) is 0. The van der Waals surface area contributed by atoms with Gasteiger partial charge in [0.15, 0.2) is 0 Å². The summed E-state index contributed by atoms with van der Waals surface area (Å²) in [5.41, 5.74) is 3.11. The lowest BCUT2D eigenvalue weighted by Crippen LogP contribution is -2.55. The molecule has 0 spiro atoms. The highest BCUT2D eigenvalue weighted by Gasteiger charge is 2.48. The topological polar surface area (TPSA) is 147 Å². The number of pyridine rings is 2. The van der Waals surface area contributed by atoms with Gasteiger partial charge < -0.3 is 9.64 Å². The molecule has 2 aliphatic heterocycles. The predicted octanol–water partition coefficient (Wildman–Crippen LogP) is 5.72. The van der Waals surface area contributed by atoms with Crippen LogP contribution >= 0.6 is 22.9 Å². The van der Waals surface area contributed by atoms with Gasteiger partial charge in [-0.05, 0) is 44.0 Å². The van der Waals surface area contributed by atoms with Gasteiger partial charge in [-0.1, -0.05) is 23.4 Å². The molecule has 6 heterocycles. The third kappa shape index (κ3) is 6.57. The van der Waals surface area contributed by atoms with E-state index in [-0.39, 0.29) is 48.3 Å². The number of hydrogen-bond acceptors (Lipinski definition) is 11. The lowest BCUT2D eigenvalue weighted by molar-refractivity contribution is -0.127. The molecule has 1 saturated heterocycles. The number of aromatic nitrogens is 4. The fourth-order valence-electron chi connectivity index (χ4n) is 7.36. The molecular formula is C37H31ClF2N8O4S2. The van der Waals surface area contributed by atoms with Crippen LogP contribution in [0.15, 0.2) is 51.2 Å². The zero-order valence-electron chi connectivity index (χ0n) is 29.0. The van der Waals surface area contributed by atoms with E-state index < -0.39 is 27.4 Å². The van der Waals surface area contributed by atoms with Gasteiger partial charge in [0.05, 0.1) is 39.4 Å². The minimum atomic E-state index is -3.70. The number of nitrogens with zero attached hydrogens (tertiary/aromatic N) is 8. The Kier molecular flexibility index (Phi) is 9.13. The summed E-state index contributed by atoms with van der Waals surface area (Å²) in [6.45, 7) is 3.02. The van der Waals surface area contributed by atoms with Crippen LogP contribution in [0.2, 0.25) is 5.02 Å². The molecule has 5 aromatic rings. The van der Waals surface area contributed by atoms with Crippen LogP contribution in [0, 0.1) is 30.1 Å². The molecule has 3 aliphatic rings. The number of sulfonamides is 1. The molecule has 0 amide bonds. The minimum absolute atomic E-state index is 0.00258. The van der Waals surface area contributed by atoms with Crippen molar-refractivity contribution < 1.29 is 21.9 Å². The van der Waals surface area contributed by atoms with Crippen LogP contribution in [0.25, 0.3) is 32.2 Å². The summed E-state index contributed by atoms with van der Waals surface area (Å²) in [4.78, 5) is 31.8. The molecule has 0 radical (unpaired) electrons. The molecule has 12 nitrogen and oxygen atoms in total. The fourth-order valence-corrected chi connectivity index (χ4v) is 9.28. The first-order valence-electron chi connectivity index (χ1n) is 17.1. The SMILES string of the molecule is Cc1nc2cnc(N(C)C3CCN(C4CC(F)(F)C4)CC3)c(C#N)c2c(=O)n1CC#Cc1ccc(Cl)cc1-c1ccnc2c(C3=NS(=O)(=O)CO3)csc12. The van der Waals surface area contributed by atoms with Gasteiger partial charge in [-0.3, -0.25) is 19.2 Å². The van der Waals surface area contributed by atoms with Crippen LogP contribution in [0.4, 0.5) is 14.6 Å². The summed E-state index contributed by atoms with van der Waals surface area (Å²) in [5, 5.41) is 12.7. The van der Waals surface area contributed by atoms with Crippen molar-refractivity contribution in [1.82, 2.24) is 24.4 Å². The number of ether oxygens (including phenoxy) is 1. The van der Waals surface area contributed by atoms with Gasteiger partial charge in [0.25, 0.3) is 21.5 Å². The number of nitriles is 1. The van der Waals surface area contributed by atoms with Crippen LogP contribution in [-0.4, -0.2) is 82.8 Å². The molecule has 0 atom stereocenters. The summed E-state index contributed by atoms with van der Waals surface area (Å²) in [6, 6.07) is 9.22. The van der Waals surface area contributed by atoms with E-state index >= 15 is 0 Å². The van der Waals surface area contributed by atoms with Crippen molar-refractivity contribution in [2.45, 2.75) is 57.2 Å². The lowest BCUT2D eigenvalue weighted by atomic mass is 9.85. The Morgan fingerprint density at radius 3 is 2.63 bits per heavy atom. The highest BCUT2D eigenvalue weighted by atomic mass is 35.5. The van der Waals surface area contributed by atoms with Crippen molar-refractivity contribution >= 4 is 65.8 Å². The summed E-state index contributed by atoms with van der Waals surface area (Å²) >= 11 is 7.81. The van der Waals surface area contributed by atoms with Crippen LogP contribution in [0.5, 0.6) is 0 Å². The van der Waals surface area contributed by atoms with E-state index in [0.29, 0.717) is 70.3 Å². The van der Waals surface area contributed by atoms with Crippen molar-refractivity contribution in [1.29, 1.82) is 5.26 Å². The van der Waals surface area contributed by atoms with E-state index in [1.165, 1.54) is 22.1 Å². The van der Waals surface area contributed by atoms with Crippen LogP contribution in [0.3, 0.4) is 0 Å². The van der Waals surface area contributed by atoms with Gasteiger partial charge in [0.1, 0.15) is 23.3 Å². The minimum Gasteiger partial charge on any atom is -0.458 e. The number of piperidine rings is 1. The number of anilines is 1. The van der Waals surface area contributed by atoms with Crippen LogP contribution < -0.4 is 10.5 Å². The van der Waals surface area contributed by atoms with Crippen molar-refractivity contribution in [3.63, 3.8) is 0 Å². The molecule has 1 saturated carbocycles. The standard InChI is InChI=1S/C37H31ClF2N8O4S2/c1-21-44-30-18-43-34(46(2)24-8-12-47(13-9-24)25-15-37(39,40)16-25)28(17-41)31(30)36(49)48(21)11-3-4-22-5-6-23(38)14-27(22)26-7-10-42-32-29(19-53-33(26)32)35-45-54(50,51)20-52-35/h5-7,10,14,18-19,24-25H,8-9,11-13,15-16,20H2,1-2H3. The number of alkyl halides is 2. The second kappa shape index (κ2) is 13.7. The molecule has 276 valence electrons. The molecule has 0 bridgehead atoms. The Morgan fingerprint density at radius 2 is 1.93 bits per heavy atom. The van der Waals surface area contributed by atoms with E-state index in [1.807, 2.05) is 18.0 Å². The van der Waals surface area contributed by atoms with Gasteiger partial charge in [-0.25, -0.2) is 27.2 Å². The monoisotopic (exact) mass is 788 g/mol. The predicted molar refractivity (Wildman–Crippen MR) is 203 cm³/mol. The number of likely N-dealkylation sites (tertiary alicyclic amines) is 1. The van der Waals surface area contributed by atoms with Crippen molar-refractivity contribution in [2.24, 2.45) is 4.40 Å². The maximum Gasteiger partial charge on any atom is 0.291 e. The number of halogens is 3. The summed E-state index contributed by atoms with van der Waals surface area (Å²) in [6.07, 6.45) is 4.35. The first-order chi connectivity index (χ1) is 25.8. The van der Waals surface area contributed by atoms with Crippen LogP contribution in [-0.2, 0) is 21.3 Å². The third-order valence-corrected chi connectivity index (χ3v) is 12.3. The smallest absolute Gasteiger partial charge is 0.291 e. The Hall–Kier alpha value is -5.00. The normalized spacial score (nSPS) is 18.4. The van der Waals surface area contributed by atoms with E-state index in [9.17, 15) is 27.3 Å². The molecule has 17 heteroatoms. The molecule has 0 N–H and O–H groups in total. The van der Waals surface area contributed by atoms with Crippen molar-refractivity contribution in [2.75, 3.05) is 31.0 Å². The van der Waals surface area contributed by atoms with E-state index in [2.05, 4.69) is 42.2 Å². The number of fused-ring (bicyclic) bond motifs is 2. The molecular weight excluding hydrogens is 758 g/mol. The quantitative estimate of drug-likeness (QED) is 0.196. The highest BCUT2D eigenvalue weighted by molar-refractivity contribution is 7.90. The number of thiophene rings is 1. The van der Waals surface area contributed by atoms with Crippen molar-refractivity contribution in [3.05, 3.63) is 79.9 Å². The third-order valence-electron chi connectivity index (χ3n) is 10.2. The first kappa shape index (κ1) is 36.0. The van der Waals surface area contributed by atoms with Gasteiger partial charge in [-0.15, -0.1) is 15.7 Å². The molecule has 1 aromatic carbocycles. The van der Waals surface area contributed by atoms with E-state index in [1.54, 1.807) is 36.7 Å². The molecule has 4 aromatic heterocycles. The van der Waals surface area contributed by atoms with Gasteiger partial charge in [0, 0.05) is 78.4 Å². The maximum absolute atomic E-state index is 14.1. The molecule has 1 aliphatic carbocycles. The average Bonchev–Trinajstić information content (AvgIpc) is 3.74. The zero-order chi connectivity index (χ0) is 37.9. The molecule has 0 unspecified atom stereocenters. The Balaban J connectivity index is 1.08. The number of benzene rings is 1. The van der Waals surface area contributed by atoms with E-state index in [4.69, 9.17) is 16.3 Å². The summed E-state index contributed by atoms with van der Waals surface area (Å²) in [7, 11) is -1.86. The van der Waals surface area contributed by atoms with E-state index in [0.717, 1.165) is 10.3 Å². The Bertz CT molecular complexity index is 2670. The van der Waals surface area contributed by atoms with Gasteiger partial charge >= 0.3 is 0 Å². The Labute approximate surface area is 317 Å². The Morgan fingerprint density at radius 1 is 1.15 bits per heavy atom. The molecule has 2 fully saturated rings. The zero-order valence-corrected chi connectivity index (χ0v) is 31.4. The number of aryl methyl sites for hydroxylation is 1. The fraction of sp³-hybridized carbons (Fsp3) is 0.351. The highest BCUT2D eigenvalue weighted by Crippen LogP contribution is 2.42. The molecule has 8 rings (SSSR count). The van der Waals surface area contributed by atoms with Crippen molar-refractivity contribution in [3.8, 4) is 29.0 Å². The second-order valence-electron chi connectivity index (χ2n) is 13.6. The summed E-state index contributed by atoms with van der Waals surface area (Å²) in [5.74, 6) is 3.97. The maximum atomic E-state index is 14.1. The van der Waals surface area contributed by atoms with Gasteiger partial charge in [-0.2, -0.15) is 5.26 Å². The second-order valence-corrected chi connectivity index (χ2v) is 16.5. The lowest BCUT2D eigenvalue weighted by Gasteiger charge is -2.46. The number of rotatable bonds is 6. The van der Waals surface area contributed by atoms with Gasteiger partial charge in [0.2, 0.25) is 11.8 Å². The largest absolute Gasteiger partial charge is 0.458 e. The average molecular weight is 789 g/mol. The summed E-state index contributed by atoms with van der Waals surface area (Å²) < 4.78 is 62.0. The molecule has 54 heavy (non-hydrogen) atoms.